The summed E-state index contributed by atoms with van der Waals surface area (Å²) in [5, 5.41) is 22.4. The molecule has 0 aliphatic heterocycles. The highest BCUT2D eigenvalue weighted by Gasteiger charge is 2.59. The monoisotopic (exact) mass is 512 g/mol. The van der Waals surface area contributed by atoms with Crippen molar-refractivity contribution >= 4 is 23.4 Å². The Hall–Kier alpha value is -2.66. The number of hydrogen-bond donors (Lipinski definition) is 3. The molecule has 3 aliphatic carbocycles. The maximum atomic E-state index is 15.1. The number of aliphatic hydroxyl groups excluding tert-OH is 1. The maximum Gasteiger partial charge on any atom is 0.309 e. The Morgan fingerprint density at radius 1 is 1.20 bits per heavy atom. The normalized spacial score (nSPS) is 32.5. The van der Waals surface area contributed by atoms with Crippen molar-refractivity contribution in [3.05, 3.63) is 46.6 Å². The van der Waals surface area contributed by atoms with Crippen LogP contribution in [0.25, 0.3) is 0 Å². The average Bonchev–Trinajstić information content (AvgIpc) is 3.60. The van der Waals surface area contributed by atoms with Crippen LogP contribution in [-0.4, -0.2) is 44.9 Å². The Labute approximate surface area is 203 Å². The number of aromatic nitrogens is 2. The van der Waals surface area contributed by atoms with Crippen LogP contribution in [0.2, 0.25) is 5.02 Å². The first-order valence-electron chi connectivity index (χ1n) is 11.5. The first kappa shape index (κ1) is 24.1. The molecule has 2 amide bonds. The number of rotatable bonds is 6. The van der Waals surface area contributed by atoms with E-state index in [0.717, 1.165) is 18.5 Å². The summed E-state index contributed by atoms with van der Waals surface area (Å²) in [6.07, 6.45) is 1.41. The molecule has 3 saturated carbocycles. The van der Waals surface area contributed by atoms with Gasteiger partial charge in [0.2, 0.25) is 12.3 Å². The zero-order valence-corrected chi connectivity index (χ0v) is 19.3. The predicted octanol–water partition coefficient (Wildman–Crippen LogP) is 3.40. The van der Waals surface area contributed by atoms with E-state index in [1.54, 1.807) is 0 Å². The predicted molar refractivity (Wildman–Crippen MR) is 116 cm³/mol. The first-order chi connectivity index (χ1) is 16.6. The molecule has 5 rings (SSSR count). The van der Waals surface area contributed by atoms with Gasteiger partial charge in [0.05, 0.1) is 23.2 Å². The lowest BCUT2D eigenvalue weighted by Crippen LogP contribution is -2.43. The Kier molecular flexibility index (Phi) is 6.03. The van der Waals surface area contributed by atoms with Gasteiger partial charge < -0.3 is 20.2 Å². The quantitative estimate of drug-likeness (QED) is 0.511. The summed E-state index contributed by atoms with van der Waals surface area (Å²) in [5.41, 5.74) is -2.64. The van der Waals surface area contributed by atoms with Gasteiger partial charge in [-0.3, -0.25) is 9.59 Å². The second-order valence-corrected chi connectivity index (χ2v) is 10.4. The lowest BCUT2D eigenvalue weighted by Gasteiger charge is -2.37. The molecule has 4 atom stereocenters. The van der Waals surface area contributed by atoms with Crippen LogP contribution < -0.4 is 10.6 Å². The molecule has 3 fully saturated rings. The molecule has 3 N–H and O–H groups in total. The zero-order chi connectivity index (χ0) is 25.0. The van der Waals surface area contributed by atoms with Crippen LogP contribution in [0.15, 0.2) is 22.9 Å². The van der Waals surface area contributed by atoms with Crippen molar-refractivity contribution in [3.63, 3.8) is 0 Å². The Morgan fingerprint density at radius 3 is 2.57 bits per heavy atom. The lowest BCUT2D eigenvalue weighted by molar-refractivity contribution is -0.127. The number of benzene rings is 1. The van der Waals surface area contributed by atoms with Crippen molar-refractivity contribution < 1.29 is 32.3 Å². The fourth-order valence-electron chi connectivity index (χ4n) is 6.06. The molecule has 0 radical (unpaired) electrons. The molecule has 3 aliphatic rings. The third-order valence-electron chi connectivity index (χ3n) is 7.85. The van der Waals surface area contributed by atoms with Crippen LogP contribution in [-0.2, 0) is 4.79 Å². The van der Waals surface area contributed by atoms with E-state index in [1.807, 2.05) is 0 Å². The van der Waals surface area contributed by atoms with Gasteiger partial charge in [-0.1, -0.05) is 11.6 Å². The summed E-state index contributed by atoms with van der Waals surface area (Å²) >= 11 is 5.94. The molecule has 35 heavy (non-hydrogen) atoms. The minimum absolute atomic E-state index is 0.0217. The van der Waals surface area contributed by atoms with Crippen LogP contribution in [0.4, 0.5) is 13.2 Å². The average molecular weight is 513 g/mol. The Balaban J connectivity index is 1.37. The minimum Gasteiger partial charge on any atom is -0.420 e. The van der Waals surface area contributed by atoms with Gasteiger partial charge in [0.15, 0.2) is 0 Å². The number of fused-ring (bicyclic) bond motifs is 2. The number of alkyl halides is 1. The minimum atomic E-state index is -1.41. The number of halogens is 4. The lowest BCUT2D eigenvalue weighted by atomic mass is 9.74. The van der Waals surface area contributed by atoms with Crippen molar-refractivity contribution in [3.8, 4) is 0 Å². The molecule has 12 heteroatoms. The molecule has 1 heterocycles. The molecule has 0 unspecified atom stereocenters. The molecule has 1 aromatic carbocycles. The van der Waals surface area contributed by atoms with E-state index in [4.69, 9.17) is 16.0 Å². The molecule has 1 aromatic heterocycles. The largest absolute Gasteiger partial charge is 0.420 e. The second-order valence-electron chi connectivity index (χ2n) is 9.95. The maximum absolute atomic E-state index is 15.1. The van der Waals surface area contributed by atoms with Crippen molar-refractivity contribution in [1.29, 1.82) is 0 Å². The van der Waals surface area contributed by atoms with E-state index in [9.17, 15) is 19.1 Å². The summed E-state index contributed by atoms with van der Waals surface area (Å²) in [6.45, 7) is 0. The SMILES string of the molecule is O=C(N[C@H]1C[C@H](C(=O)N[C@H](c2c(F)ccc(Cl)c2F)C23CCC(F)(CC2)C3)C[C@H]1O)c1nnco1. The number of nitrogens with one attached hydrogen (secondary N) is 2. The highest BCUT2D eigenvalue weighted by atomic mass is 35.5. The first-order valence-corrected chi connectivity index (χ1v) is 11.9. The summed E-state index contributed by atoms with van der Waals surface area (Å²) in [6, 6.07) is 0.237. The molecular formula is C23H24ClF3N4O4. The number of nitrogens with zero attached hydrogens (tertiary/aromatic N) is 2. The van der Waals surface area contributed by atoms with Gasteiger partial charge in [0, 0.05) is 11.5 Å². The fourth-order valence-corrected chi connectivity index (χ4v) is 6.22. The third kappa shape index (κ3) is 4.29. The number of hydrogen-bond acceptors (Lipinski definition) is 6. The number of amides is 2. The molecule has 2 aromatic rings. The topological polar surface area (TPSA) is 117 Å². The Morgan fingerprint density at radius 2 is 1.94 bits per heavy atom. The van der Waals surface area contributed by atoms with Crippen LogP contribution >= 0.6 is 11.6 Å². The van der Waals surface area contributed by atoms with Gasteiger partial charge in [-0.15, -0.1) is 10.2 Å². The third-order valence-corrected chi connectivity index (χ3v) is 8.14. The van der Waals surface area contributed by atoms with Crippen molar-refractivity contribution in [1.82, 2.24) is 20.8 Å². The number of carbonyl (C=O) groups is 2. The van der Waals surface area contributed by atoms with E-state index in [0.29, 0.717) is 12.8 Å². The molecule has 8 nitrogen and oxygen atoms in total. The van der Waals surface area contributed by atoms with Crippen molar-refractivity contribution in [2.45, 2.75) is 68.8 Å². The highest BCUT2D eigenvalue weighted by Crippen LogP contribution is 2.63. The van der Waals surface area contributed by atoms with E-state index in [-0.39, 0.29) is 48.6 Å². The summed E-state index contributed by atoms with van der Waals surface area (Å²) in [4.78, 5) is 25.5. The number of aliphatic hydroxyl groups is 1. The van der Waals surface area contributed by atoms with Crippen LogP contribution in [0.1, 0.15) is 67.2 Å². The standard InChI is InChI=1S/C23H24ClF3N4O4/c24-12-1-2-13(25)16(17(12)26)18(22-3-5-23(27,9-22)6-4-22)30-19(33)11-7-14(15(32)8-11)29-20(34)21-31-28-10-35-21/h1-2,10-11,14-15,18,32H,3-9H2,(H,29,34)(H,30,33)/t11-,14-,15+,18+,22?,23?/m0/s1. The van der Waals surface area contributed by atoms with Gasteiger partial charge >= 0.3 is 11.8 Å². The van der Waals surface area contributed by atoms with Gasteiger partial charge in [0.1, 0.15) is 17.3 Å². The van der Waals surface area contributed by atoms with E-state index in [1.165, 1.54) is 0 Å². The van der Waals surface area contributed by atoms with E-state index in [2.05, 4.69) is 20.8 Å². The smallest absolute Gasteiger partial charge is 0.309 e. The molecular weight excluding hydrogens is 489 g/mol. The van der Waals surface area contributed by atoms with E-state index >= 15 is 8.78 Å². The number of carbonyl (C=O) groups excluding carboxylic acids is 2. The van der Waals surface area contributed by atoms with Gasteiger partial charge in [0.25, 0.3) is 0 Å². The molecule has 0 spiro atoms. The van der Waals surface area contributed by atoms with Gasteiger partial charge in [-0.25, -0.2) is 13.2 Å². The van der Waals surface area contributed by atoms with Crippen LogP contribution in [0, 0.1) is 23.0 Å². The molecule has 2 bridgehead atoms. The Bertz CT molecular complexity index is 1140. The van der Waals surface area contributed by atoms with Crippen LogP contribution in [0.3, 0.4) is 0 Å². The van der Waals surface area contributed by atoms with Gasteiger partial charge in [-0.2, -0.15) is 0 Å². The molecule has 0 saturated heterocycles. The molecule has 188 valence electrons. The summed E-state index contributed by atoms with van der Waals surface area (Å²) < 4.78 is 49.9. The van der Waals surface area contributed by atoms with E-state index < -0.39 is 58.6 Å². The van der Waals surface area contributed by atoms with Crippen LogP contribution in [0.5, 0.6) is 0 Å². The van der Waals surface area contributed by atoms with Crippen molar-refractivity contribution in [2.24, 2.45) is 11.3 Å². The zero-order valence-electron chi connectivity index (χ0n) is 18.6. The fraction of sp³-hybridized carbons (Fsp3) is 0.565. The second kappa shape index (κ2) is 8.77. The summed E-state index contributed by atoms with van der Waals surface area (Å²) in [7, 11) is 0. The highest BCUT2D eigenvalue weighted by molar-refractivity contribution is 6.30. The van der Waals surface area contributed by atoms with Crippen molar-refractivity contribution in [2.75, 3.05) is 0 Å². The van der Waals surface area contributed by atoms with Gasteiger partial charge in [-0.05, 0) is 62.5 Å². The summed E-state index contributed by atoms with van der Waals surface area (Å²) in [5.74, 6) is -4.12.